The highest BCUT2D eigenvalue weighted by molar-refractivity contribution is 9.13. The van der Waals surface area contributed by atoms with Crippen LogP contribution in [-0.2, 0) is 4.79 Å². The molecule has 0 bridgehead atoms. The molecule has 0 aromatic rings. The van der Waals surface area contributed by atoms with Crippen molar-refractivity contribution in [3.05, 3.63) is 78.3 Å². The van der Waals surface area contributed by atoms with Crippen molar-refractivity contribution in [3.8, 4) is 0 Å². The quantitative estimate of drug-likeness (QED) is 0.0320. The van der Waals surface area contributed by atoms with Crippen molar-refractivity contribution in [1.82, 2.24) is 10.2 Å². The van der Waals surface area contributed by atoms with Crippen molar-refractivity contribution in [2.24, 2.45) is 0 Å². The Morgan fingerprint density at radius 3 is 1.84 bits per heavy atom. The number of aliphatic hydroxyl groups excluding tert-OH is 1. The van der Waals surface area contributed by atoms with Crippen LogP contribution in [0.2, 0.25) is 0 Å². The third-order valence-electron chi connectivity index (χ3n) is 10.6. The van der Waals surface area contributed by atoms with Crippen LogP contribution in [0.4, 0.5) is 0 Å². The smallest absolute Gasteiger partial charge is 0.154 e. The lowest BCUT2D eigenvalue weighted by molar-refractivity contribution is -0.105. The van der Waals surface area contributed by atoms with Crippen molar-refractivity contribution in [2.75, 3.05) is 0 Å². The molecular formula is C42H64Br2N2O2S2. The minimum Gasteiger partial charge on any atom is -0.371 e. The van der Waals surface area contributed by atoms with Gasteiger partial charge in [0, 0.05) is 26.7 Å². The first-order valence-electron chi connectivity index (χ1n) is 19.6. The maximum atomic E-state index is 12.8. The Labute approximate surface area is 332 Å². The Hall–Kier alpha value is -0.930. The van der Waals surface area contributed by atoms with Crippen molar-refractivity contribution in [1.29, 1.82) is 0 Å². The zero-order chi connectivity index (χ0) is 36.2. The minimum absolute atomic E-state index is 0.169. The molecule has 1 spiro atoms. The van der Waals surface area contributed by atoms with Crippen LogP contribution in [0.15, 0.2) is 78.3 Å². The number of halogens is 2. The summed E-state index contributed by atoms with van der Waals surface area (Å²) >= 11 is 16.5. The largest absolute Gasteiger partial charge is 0.371 e. The lowest BCUT2D eigenvalue weighted by atomic mass is 9.90. The molecule has 1 fully saturated rings. The van der Waals surface area contributed by atoms with Crippen molar-refractivity contribution >= 4 is 63.4 Å². The summed E-state index contributed by atoms with van der Waals surface area (Å²) in [6.07, 6.45) is 39.7. The molecule has 3 aliphatic rings. The Kier molecular flexibility index (Phi) is 21.2. The number of fused-ring (bicyclic) bond motifs is 3. The van der Waals surface area contributed by atoms with E-state index >= 15 is 0 Å². The van der Waals surface area contributed by atoms with Gasteiger partial charge < -0.3 is 15.3 Å². The zero-order valence-electron chi connectivity index (χ0n) is 30.8. The predicted octanol–water partition coefficient (Wildman–Crippen LogP) is 13.0. The van der Waals surface area contributed by atoms with Crippen molar-refractivity contribution < 1.29 is 9.90 Å². The molecule has 1 saturated heterocycles. The van der Waals surface area contributed by atoms with Gasteiger partial charge in [0.15, 0.2) is 6.23 Å². The van der Waals surface area contributed by atoms with E-state index in [0.29, 0.717) is 5.57 Å². The SMILES string of the molecule is CCCCCCCCCCCCC1=CN2C(C=C1/C=C(\S)Br)C21/C(C=O)=C/C(S)=C(/C=C/Br)C(\CCCCCCCCCCCC)=C/NC1O. The molecule has 3 heterocycles. The van der Waals surface area contributed by atoms with Crippen LogP contribution < -0.4 is 5.32 Å². The summed E-state index contributed by atoms with van der Waals surface area (Å²) in [5, 5.41) is 15.2. The number of hydrogen-bond donors (Lipinski definition) is 4. The highest BCUT2D eigenvalue weighted by Gasteiger charge is 2.68. The van der Waals surface area contributed by atoms with E-state index in [1.807, 2.05) is 29.4 Å². The van der Waals surface area contributed by atoms with E-state index in [1.54, 1.807) is 0 Å². The second kappa shape index (κ2) is 24.4. The Morgan fingerprint density at radius 1 is 0.860 bits per heavy atom. The lowest BCUT2D eigenvalue weighted by Gasteiger charge is -2.24. The van der Waals surface area contributed by atoms with Gasteiger partial charge in [-0.15, -0.1) is 25.3 Å². The zero-order valence-corrected chi connectivity index (χ0v) is 35.7. The molecule has 0 aromatic heterocycles. The third-order valence-corrected chi connectivity index (χ3v) is 11.5. The summed E-state index contributed by atoms with van der Waals surface area (Å²) < 4.78 is 0.756. The number of nitrogens with zero attached hydrogens (tertiary/aromatic N) is 1. The van der Waals surface area contributed by atoms with Crippen LogP contribution >= 0.6 is 57.1 Å². The van der Waals surface area contributed by atoms with E-state index in [4.69, 9.17) is 12.6 Å². The highest BCUT2D eigenvalue weighted by atomic mass is 79.9. The van der Waals surface area contributed by atoms with Crippen molar-refractivity contribution in [2.45, 2.75) is 173 Å². The molecule has 0 saturated carbocycles. The summed E-state index contributed by atoms with van der Waals surface area (Å²) in [6.45, 7) is 4.53. The molecule has 0 aliphatic carbocycles. The van der Waals surface area contributed by atoms with E-state index in [-0.39, 0.29) is 6.04 Å². The number of carbonyl (C=O) groups excluding carboxylic acids is 1. The van der Waals surface area contributed by atoms with E-state index < -0.39 is 11.8 Å². The van der Waals surface area contributed by atoms with Crippen LogP contribution in [0, 0.1) is 0 Å². The predicted molar refractivity (Wildman–Crippen MR) is 229 cm³/mol. The van der Waals surface area contributed by atoms with Gasteiger partial charge in [0.1, 0.15) is 11.8 Å². The molecule has 0 radical (unpaired) electrons. The van der Waals surface area contributed by atoms with Crippen LogP contribution in [0.25, 0.3) is 0 Å². The molecule has 3 atom stereocenters. The van der Waals surface area contributed by atoms with Gasteiger partial charge in [-0.05, 0) is 87.1 Å². The van der Waals surface area contributed by atoms with Gasteiger partial charge in [-0.25, -0.2) is 0 Å². The maximum absolute atomic E-state index is 12.8. The van der Waals surface area contributed by atoms with Gasteiger partial charge in [0.2, 0.25) is 0 Å². The van der Waals surface area contributed by atoms with Crippen LogP contribution in [0.3, 0.4) is 0 Å². The number of allylic oxidation sites excluding steroid dienone is 7. The minimum atomic E-state index is -0.992. The fourth-order valence-corrected chi connectivity index (χ4v) is 8.62. The number of hydrogen-bond acceptors (Lipinski definition) is 6. The summed E-state index contributed by atoms with van der Waals surface area (Å²) in [6, 6.07) is -0.169. The number of carbonyl (C=O) groups is 1. The van der Waals surface area contributed by atoms with Gasteiger partial charge in [0.05, 0.1) is 6.04 Å². The second-order valence-electron chi connectivity index (χ2n) is 14.3. The molecule has 3 aliphatic heterocycles. The molecule has 50 heavy (non-hydrogen) atoms. The first-order valence-corrected chi connectivity index (χ1v) is 22.2. The molecule has 8 heteroatoms. The number of aldehydes is 1. The van der Waals surface area contributed by atoms with Gasteiger partial charge in [0.25, 0.3) is 0 Å². The van der Waals surface area contributed by atoms with E-state index in [9.17, 15) is 9.90 Å². The second-order valence-corrected chi connectivity index (χ2v) is 17.3. The molecule has 0 amide bonds. The van der Waals surface area contributed by atoms with Gasteiger partial charge in [-0.2, -0.15) is 0 Å². The number of rotatable bonds is 25. The van der Waals surface area contributed by atoms with Gasteiger partial charge >= 0.3 is 0 Å². The first-order chi connectivity index (χ1) is 24.3. The summed E-state index contributed by atoms with van der Waals surface area (Å²) in [5.41, 5.74) is 3.93. The normalized spacial score (nSPS) is 25.9. The standard InChI is InChI=1S/C42H64Br2N2O2S2/c1-3-5-7-9-11-13-15-17-19-21-23-33-30-45-41(48)42(36(32-47)29-38(49)37(33)25-26-43)39-27-35(28-40(44)50)34(31-46(39)42)24-22-20-18-16-14-12-10-8-6-4-2/h25-32,39,41,45,48-50H,3-24H2,1-2H3/b26-25+,33-30-,36-29+,38-37+,40-28-. The fourth-order valence-electron chi connectivity index (χ4n) is 7.61. The van der Waals surface area contributed by atoms with E-state index in [0.717, 1.165) is 57.4 Å². The van der Waals surface area contributed by atoms with E-state index in [1.165, 1.54) is 121 Å². The van der Waals surface area contributed by atoms with Crippen LogP contribution in [0.1, 0.15) is 155 Å². The Balaban J connectivity index is 1.71. The van der Waals surface area contributed by atoms with Crippen LogP contribution in [0.5, 0.6) is 0 Å². The number of nitrogens with one attached hydrogen (secondary N) is 1. The Morgan fingerprint density at radius 2 is 1.36 bits per heavy atom. The lowest BCUT2D eigenvalue weighted by Crippen LogP contribution is -2.45. The third kappa shape index (κ3) is 13.2. The summed E-state index contributed by atoms with van der Waals surface area (Å²) in [4.78, 5) is 17.6. The van der Waals surface area contributed by atoms with E-state index in [2.05, 4.69) is 80.8 Å². The molecule has 2 N–H and O–H groups in total. The highest BCUT2D eigenvalue weighted by Crippen LogP contribution is 2.54. The summed E-state index contributed by atoms with van der Waals surface area (Å²) in [7, 11) is 0. The van der Waals surface area contributed by atoms with Gasteiger partial charge in [-0.1, -0.05) is 151 Å². The molecular weight excluding hydrogens is 788 g/mol. The Bertz CT molecular complexity index is 1280. The average molecular weight is 853 g/mol. The monoisotopic (exact) mass is 850 g/mol. The maximum Gasteiger partial charge on any atom is 0.154 e. The molecule has 3 unspecified atom stereocenters. The molecule has 4 nitrogen and oxygen atoms in total. The number of unbranched alkanes of at least 4 members (excludes halogenated alkanes) is 18. The van der Waals surface area contributed by atoms with Gasteiger partial charge in [-0.3, -0.25) is 4.79 Å². The summed E-state index contributed by atoms with van der Waals surface area (Å²) in [5.74, 6) is 0. The number of thiol groups is 2. The van der Waals surface area contributed by atoms with Crippen molar-refractivity contribution in [3.63, 3.8) is 0 Å². The average Bonchev–Trinajstić information content (AvgIpc) is 3.74. The topological polar surface area (TPSA) is 52.3 Å². The molecule has 0 aromatic carbocycles. The first kappa shape index (κ1) is 43.5. The van der Waals surface area contributed by atoms with Crippen LogP contribution in [-0.4, -0.2) is 34.1 Å². The fraction of sp³-hybridized carbons (Fsp3) is 0.643. The molecule has 280 valence electrons. The number of aliphatic hydroxyl groups is 1. The molecule has 3 rings (SSSR count).